The first-order valence-electron chi connectivity index (χ1n) is 10.6. The standard InChI is InChI=1S/C23H25N7O3/c1-5-29(6-2)22-14(11-24)18-13-10-17(31)30(12-7-8-15(32-3)16(9-12)33-4)23(13)28-21(26)19(18)20(25)27-22/h7-9H,5-6,10H2,1-4H3,(H2,25,27)(H2,26,28)/p+1. The Bertz CT molecular complexity index is 1310. The summed E-state index contributed by atoms with van der Waals surface area (Å²) in [7, 11) is 3.07. The first-order chi connectivity index (χ1) is 15.9. The third kappa shape index (κ3) is 3.29. The van der Waals surface area contributed by atoms with Gasteiger partial charge in [0, 0.05) is 17.0 Å². The maximum absolute atomic E-state index is 13.2. The highest BCUT2D eigenvalue weighted by molar-refractivity contribution is 6.15. The third-order valence-electron chi connectivity index (χ3n) is 5.92. The number of nitriles is 1. The normalized spacial score (nSPS) is 12.6. The Hall–Kier alpha value is -4.26. The number of aromatic amines is 1. The molecular formula is C23H26N7O3+. The maximum atomic E-state index is 13.2. The van der Waals surface area contributed by atoms with Gasteiger partial charge in [-0.05, 0) is 26.0 Å². The van der Waals surface area contributed by atoms with Crippen LogP contribution in [0.5, 0.6) is 11.5 Å². The van der Waals surface area contributed by atoms with Crippen molar-refractivity contribution in [2.75, 3.05) is 48.6 Å². The maximum Gasteiger partial charge on any atom is 0.240 e. The Morgan fingerprint density at radius 2 is 1.88 bits per heavy atom. The van der Waals surface area contributed by atoms with Crippen LogP contribution in [0, 0.1) is 11.3 Å². The number of nitrogens with two attached hydrogens (primary N) is 2. The molecule has 0 spiro atoms. The summed E-state index contributed by atoms with van der Waals surface area (Å²) in [6.07, 6.45) is 0.0588. The van der Waals surface area contributed by atoms with Crippen molar-refractivity contribution in [2.45, 2.75) is 20.3 Å². The summed E-state index contributed by atoms with van der Waals surface area (Å²) < 4.78 is 10.7. The average Bonchev–Trinajstić information content (AvgIpc) is 3.14. The number of benzene rings is 1. The van der Waals surface area contributed by atoms with Gasteiger partial charge < -0.3 is 20.9 Å². The monoisotopic (exact) mass is 448 g/mol. The largest absolute Gasteiger partial charge is 0.493 e. The molecule has 3 aromatic rings. The SMILES string of the molecule is CCN(CC)c1[nH+]c(N)c2c(N)nc3c(c2c1C#N)CC(=O)N3c1ccc(OC)c(OC)c1. The van der Waals surface area contributed by atoms with E-state index in [1.54, 1.807) is 25.3 Å². The molecule has 1 aliphatic rings. The molecule has 1 aromatic carbocycles. The summed E-state index contributed by atoms with van der Waals surface area (Å²) in [5, 5.41) is 11.1. The molecule has 170 valence electrons. The second-order valence-electron chi connectivity index (χ2n) is 7.54. The molecule has 10 heteroatoms. The second kappa shape index (κ2) is 8.35. The van der Waals surface area contributed by atoms with E-state index < -0.39 is 0 Å². The highest BCUT2D eigenvalue weighted by Crippen LogP contribution is 2.44. The van der Waals surface area contributed by atoms with Crippen molar-refractivity contribution >= 4 is 45.6 Å². The van der Waals surface area contributed by atoms with E-state index in [0.717, 1.165) is 0 Å². The summed E-state index contributed by atoms with van der Waals surface area (Å²) >= 11 is 0. The van der Waals surface area contributed by atoms with Crippen LogP contribution in [0.4, 0.5) is 29.0 Å². The lowest BCUT2D eigenvalue weighted by Crippen LogP contribution is -2.31. The van der Waals surface area contributed by atoms with Crippen LogP contribution < -0.4 is 35.7 Å². The molecule has 3 heterocycles. The molecule has 10 nitrogen and oxygen atoms in total. The van der Waals surface area contributed by atoms with E-state index in [9.17, 15) is 10.1 Å². The molecule has 0 aliphatic carbocycles. The third-order valence-corrected chi connectivity index (χ3v) is 5.92. The molecule has 0 unspecified atom stereocenters. The van der Waals surface area contributed by atoms with Crippen LogP contribution in [0.2, 0.25) is 0 Å². The second-order valence-corrected chi connectivity index (χ2v) is 7.54. The zero-order valence-corrected chi connectivity index (χ0v) is 19.0. The van der Waals surface area contributed by atoms with Crippen LogP contribution in [0.1, 0.15) is 25.0 Å². The minimum atomic E-state index is -0.198. The number of hydrogen-bond acceptors (Lipinski definition) is 8. The number of nitrogens with zero attached hydrogens (tertiary/aromatic N) is 4. The number of amides is 1. The quantitative estimate of drug-likeness (QED) is 0.583. The predicted octanol–water partition coefficient (Wildman–Crippen LogP) is 2.17. The number of H-pyrrole nitrogens is 1. The van der Waals surface area contributed by atoms with E-state index in [0.29, 0.717) is 69.6 Å². The minimum absolute atomic E-state index is 0.0588. The van der Waals surface area contributed by atoms with Crippen LogP contribution in [0.25, 0.3) is 10.8 Å². The van der Waals surface area contributed by atoms with E-state index in [4.69, 9.17) is 20.9 Å². The number of nitrogens with one attached hydrogen (secondary N) is 1. The molecule has 1 aliphatic heterocycles. The van der Waals surface area contributed by atoms with Gasteiger partial charge in [-0.15, -0.1) is 0 Å². The van der Waals surface area contributed by atoms with E-state index in [1.807, 2.05) is 18.7 Å². The topological polar surface area (TPSA) is 145 Å². The van der Waals surface area contributed by atoms with Crippen molar-refractivity contribution in [1.82, 2.24) is 4.98 Å². The zero-order valence-electron chi connectivity index (χ0n) is 19.0. The van der Waals surface area contributed by atoms with Crippen LogP contribution >= 0.6 is 0 Å². The summed E-state index contributed by atoms with van der Waals surface area (Å²) in [5.74, 6) is 2.23. The summed E-state index contributed by atoms with van der Waals surface area (Å²) in [5.41, 5.74) is 14.2. The Labute approximate surface area is 191 Å². The van der Waals surface area contributed by atoms with Gasteiger partial charge in [0.25, 0.3) is 0 Å². The number of anilines is 5. The van der Waals surface area contributed by atoms with Gasteiger partial charge >= 0.3 is 0 Å². The van der Waals surface area contributed by atoms with Gasteiger partial charge in [-0.2, -0.15) is 5.26 Å². The number of fused-ring (bicyclic) bond motifs is 3. The number of nitrogen functional groups attached to an aromatic ring is 2. The lowest BCUT2D eigenvalue weighted by atomic mass is 10.0. The number of rotatable bonds is 6. The van der Waals surface area contributed by atoms with E-state index in [-0.39, 0.29) is 18.1 Å². The Balaban J connectivity index is 2.02. The fraction of sp³-hybridized carbons (Fsp3) is 0.304. The average molecular weight is 449 g/mol. The van der Waals surface area contributed by atoms with E-state index in [1.165, 1.54) is 12.0 Å². The summed E-state index contributed by atoms with van der Waals surface area (Å²) in [6, 6.07) is 7.46. The minimum Gasteiger partial charge on any atom is -0.493 e. The Morgan fingerprint density at radius 3 is 2.48 bits per heavy atom. The first-order valence-corrected chi connectivity index (χ1v) is 10.6. The summed E-state index contributed by atoms with van der Waals surface area (Å²) in [6.45, 7) is 5.33. The number of carbonyl (C=O) groups is 1. The van der Waals surface area contributed by atoms with Crippen molar-refractivity contribution in [3.05, 3.63) is 29.3 Å². The molecule has 5 N–H and O–H groups in total. The van der Waals surface area contributed by atoms with Gasteiger partial charge in [0.2, 0.25) is 17.5 Å². The highest BCUT2D eigenvalue weighted by atomic mass is 16.5. The number of methoxy groups -OCH3 is 2. The van der Waals surface area contributed by atoms with E-state index >= 15 is 0 Å². The molecule has 0 saturated carbocycles. The molecule has 0 bridgehead atoms. The molecule has 0 atom stereocenters. The van der Waals surface area contributed by atoms with Crippen molar-refractivity contribution in [3.8, 4) is 17.6 Å². The fourth-order valence-electron chi connectivity index (χ4n) is 4.36. The van der Waals surface area contributed by atoms with Gasteiger partial charge in [0.15, 0.2) is 11.5 Å². The van der Waals surface area contributed by atoms with Crippen molar-refractivity contribution in [2.24, 2.45) is 0 Å². The molecular weight excluding hydrogens is 422 g/mol. The lowest BCUT2D eigenvalue weighted by Gasteiger charge is -2.21. The molecule has 1 amide bonds. The zero-order chi connectivity index (χ0) is 23.9. The smallest absolute Gasteiger partial charge is 0.240 e. The lowest BCUT2D eigenvalue weighted by molar-refractivity contribution is -0.344. The highest BCUT2D eigenvalue weighted by Gasteiger charge is 2.36. The summed E-state index contributed by atoms with van der Waals surface area (Å²) in [4.78, 5) is 24.3. The molecule has 2 aromatic heterocycles. The Morgan fingerprint density at radius 1 is 1.18 bits per heavy atom. The number of hydrogen-bond donors (Lipinski definition) is 2. The van der Waals surface area contributed by atoms with Crippen LogP contribution in [-0.4, -0.2) is 38.2 Å². The van der Waals surface area contributed by atoms with Crippen LogP contribution in [0.3, 0.4) is 0 Å². The molecule has 0 fully saturated rings. The van der Waals surface area contributed by atoms with Gasteiger partial charge in [0.05, 0.1) is 44.8 Å². The van der Waals surface area contributed by atoms with Crippen LogP contribution in [-0.2, 0) is 11.2 Å². The number of carbonyl (C=O) groups excluding carboxylic acids is 1. The molecule has 0 radical (unpaired) electrons. The fourth-order valence-corrected chi connectivity index (χ4v) is 4.36. The van der Waals surface area contributed by atoms with E-state index in [2.05, 4.69) is 16.0 Å². The van der Waals surface area contributed by atoms with Crippen molar-refractivity contribution < 1.29 is 19.3 Å². The van der Waals surface area contributed by atoms with Gasteiger partial charge in [0.1, 0.15) is 23.3 Å². The first kappa shape index (κ1) is 22.0. The Kier molecular flexibility index (Phi) is 5.55. The van der Waals surface area contributed by atoms with Crippen molar-refractivity contribution in [3.63, 3.8) is 0 Å². The number of pyridine rings is 2. The van der Waals surface area contributed by atoms with Gasteiger partial charge in [-0.25, -0.2) is 9.97 Å². The van der Waals surface area contributed by atoms with Crippen LogP contribution in [0.15, 0.2) is 18.2 Å². The molecule has 0 saturated heterocycles. The molecule has 33 heavy (non-hydrogen) atoms. The number of aromatic nitrogens is 2. The molecule has 4 rings (SSSR count). The van der Waals surface area contributed by atoms with Crippen molar-refractivity contribution in [1.29, 1.82) is 5.26 Å². The van der Waals surface area contributed by atoms with Gasteiger partial charge in [-0.3, -0.25) is 14.6 Å². The predicted molar refractivity (Wildman–Crippen MR) is 126 cm³/mol. The van der Waals surface area contributed by atoms with Gasteiger partial charge in [-0.1, -0.05) is 0 Å². The number of ether oxygens (including phenoxy) is 2.